The molecule has 0 saturated carbocycles. The number of esters is 1. The Balaban J connectivity index is 2.23. The molecule has 130 valence electrons. The van der Waals surface area contributed by atoms with Crippen LogP contribution in [-0.2, 0) is 9.53 Å². The molecule has 2 rings (SSSR count). The van der Waals surface area contributed by atoms with E-state index in [4.69, 9.17) is 5.73 Å². The first kappa shape index (κ1) is 18.3. The number of methoxy groups -OCH3 is 1. The number of rotatable bonds is 5. The molecule has 1 heterocycles. The van der Waals surface area contributed by atoms with Crippen molar-refractivity contribution in [1.82, 2.24) is 0 Å². The summed E-state index contributed by atoms with van der Waals surface area (Å²) in [4.78, 5) is 35.6. The Morgan fingerprint density at radius 3 is 2.44 bits per heavy atom. The predicted molar refractivity (Wildman–Crippen MR) is 93.0 cm³/mol. The highest BCUT2D eigenvalue weighted by Gasteiger charge is 2.24. The third kappa shape index (κ3) is 4.30. The van der Waals surface area contributed by atoms with E-state index in [0.717, 1.165) is 11.3 Å². The molecule has 0 aliphatic heterocycles. The van der Waals surface area contributed by atoms with Gasteiger partial charge in [0.2, 0.25) is 5.91 Å². The number of nitrogens with one attached hydrogen (secondary N) is 1. The summed E-state index contributed by atoms with van der Waals surface area (Å²) in [6.07, 6.45) is 2.71. The zero-order valence-corrected chi connectivity index (χ0v) is 14.3. The number of amides is 2. The zero-order chi connectivity index (χ0) is 18.6. The van der Waals surface area contributed by atoms with Crippen LogP contribution in [0.5, 0.6) is 0 Å². The molecule has 8 heteroatoms. The number of thiophene rings is 1. The lowest BCUT2D eigenvalue weighted by molar-refractivity contribution is -0.111. The summed E-state index contributed by atoms with van der Waals surface area (Å²) < 4.78 is 17.5. The summed E-state index contributed by atoms with van der Waals surface area (Å²) in [5.74, 6) is -2.28. The first-order valence-electron chi connectivity index (χ1n) is 7.09. The number of primary amides is 1. The fourth-order valence-corrected chi connectivity index (χ4v) is 3.22. The summed E-state index contributed by atoms with van der Waals surface area (Å²) in [6.45, 7) is 1.55. The Labute approximate surface area is 147 Å². The van der Waals surface area contributed by atoms with Crippen molar-refractivity contribution >= 4 is 40.2 Å². The van der Waals surface area contributed by atoms with Crippen molar-refractivity contribution in [3.63, 3.8) is 0 Å². The number of benzene rings is 1. The molecular formula is C17H15FN2O4S. The van der Waals surface area contributed by atoms with Gasteiger partial charge in [-0.25, -0.2) is 9.18 Å². The van der Waals surface area contributed by atoms with E-state index in [9.17, 15) is 18.8 Å². The van der Waals surface area contributed by atoms with E-state index in [1.165, 1.54) is 43.5 Å². The molecule has 0 aliphatic carbocycles. The maximum Gasteiger partial charge on any atom is 0.348 e. The SMILES string of the molecule is COC(=O)c1sc(NC(=O)C=Cc2ccc(F)cc2)c(C(N)=O)c1C. The van der Waals surface area contributed by atoms with Crippen LogP contribution < -0.4 is 11.1 Å². The number of nitrogens with two attached hydrogens (primary N) is 1. The Morgan fingerprint density at radius 2 is 1.88 bits per heavy atom. The van der Waals surface area contributed by atoms with Crippen LogP contribution in [0.4, 0.5) is 9.39 Å². The van der Waals surface area contributed by atoms with Crippen molar-refractivity contribution in [2.45, 2.75) is 6.92 Å². The van der Waals surface area contributed by atoms with Crippen LogP contribution in [-0.4, -0.2) is 24.9 Å². The summed E-state index contributed by atoms with van der Waals surface area (Å²) in [5, 5.41) is 2.69. The molecule has 0 aliphatic rings. The van der Waals surface area contributed by atoms with Gasteiger partial charge in [0.1, 0.15) is 15.7 Å². The quantitative estimate of drug-likeness (QED) is 0.631. The number of hydrogen-bond donors (Lipinski definition) is 2. The highest BCUT2D eigenvalue weighted by Crippen LogP contribution is 2.33. The summed E-state index contributed by atoms with van der Waals surface area (Å²) >= 11 is 0.908. The van der Waals surface area contributed by atoms with E-state index in [1.54, 1.807) is 6.92 Å². The van der Waals surface area contributed by atoms with Gasteiger partial charge >= 0.3 is 5.97 Å². The minimum Gasteiger partial charge on any atom is -0.465 e. The van der Waals surface area contributed by atoms with Crippen molar-refractivity contribution in [2.75, 3.05) is 12.4 Å². The molecule has 0 atom stereocenters. The second-order valence-electron chi connectivity index (χ2n) is 4.99. The van der Waals surface area contributed by atoms with E-state index >= 15 is 0 Å². The number of hydrogen-bond acceptors (Lipinski definition) is 5. The average Bonchev–Trinajstić information content (AvgIpc) is 2.89. The van der Waals surface area contributed by atoms with E-state index in [0.29, 0.717) is 11.1 Å². The van der Waals surface area contributed by atoms with Gasteiger partial charge in [-0.15, -0.1) is 11.3 Å². The highest BCUT2D eigenvalue weighted by atomic mass is 32.1. The standard InChI is InChI=1S/C17H15FN2O4S/c1-9-13(15(19)22)16(25-14(9)17(23)24-2)20-12(21)8-5-10-3-6-11(18)7-4-10/h3-8H,1-2H3,(H2,19,22)(H,20,21). The van der Waals surface area contributed by atoms with Crippen molar-refractivity contribution < 1.29 is 23.5 Å². The predicted octanol–water partition coefficient (Wildman–Crippen LogP) is 2.73. The van der Waals surface area contributed by atoms with Gasteiger partial charge < -0.3 is 15.8 Å². The van der Waals surface area contributed by atoms with Gasteiger partial charge in [-0.3, -0.25) is 9.59 Å². The molecule has 0 saturated heterocycles. The Morgan fingerprint density at radius 1 is 1.24 bits per heavy atom. The molecular weight excluding hydrogens is 347 g/mol. The van der Waals surface area contributed by atoms with Gasteiger partial charge in [0.25, 0.3) is 5.91 Å². The zero-order valence-electron chi connectivity index (χ0n) is 13.5. The van der Waals surface area contributed by atoms with Crippen molar-refractivity contribution in [2.24, 2.45) is 5.73 Å². The van der Waals surface area contributed by atoms with Crippen LogP contribution in [0, 0.1) is 12.7 Å². The van der Waals surface area contributed by atoms with Crippen LogP contribution in [0.25, 0.3) is 6.08 Å². The Kier molecular flexibility index (Phi) is 5.66. The molecule has 0 unspecified atom stereocenters. The van der Waals surface area contributed by atoms with Gasteiger partial charge in [-0.1, -0.05) is 12.1 Å². The van der Waals surface area contributed by atoms with Crippen LogP contribution >= 0.6 is 11.3 Å². The van der Waals surface area contributed by atoms with Gasteiger partial charge in [0, 0.05) is 6.08 Å². The second-order valence-corrected chi connectivity index (χ2v) is 6.01. The molecule has 2 amide bonds. The molecule has 0 spiro atoms. The highest BCUT2D eigenvalue weighted by molar-refractivity contribution is 7.18. The molecule has 25 heavy (non-hydrogen) atoms. The average molecular weight is 362 g/mol. The minimum absolute atomic E-state index is 0.0638. The Hall–Kier alpha value is -3.00. The number of halogens is 1. The van der Waals surface area contributed by atoms with Crippen LogP contribution in [0.3, 0.4) is 0 Å². The third-order valence-corrected chi connectivity index (χ3v) is 4.49. The summed E-state index contributed by atoms with van der Waals surface area (Å²) in [7, 11) is 1.22. The molecule has 0 fully saturated rings. The monoisotopic (exact) mass is 362 g/mol. The molecule has 0 radical (unpaired) electrons. The maximum atomic E-state index is 12.8. The lowest BCUT2D eigenvalue weighted by Gasteiger charge is -2.02. The van der Waals surface area contributed by atoms with Crippen LogP contribution in [0.1, 0.15) is 31.2 Å². The van der Waals surface area contributed by atoms with Gasteiger partial charge in [-0.2, -0.15) is 0 Å². The van der Waals surface area contributed by atoms with Gasteiger partial charge in [-0.05, 0) is 36.3 Å². The molecule has 1 aromatic heterocycles. The molecule has 0 bridgehead atoms. The second kappa shape index (κ2) is 7.71. The largest absolute Gasteiger partial charge is 0.465 e. The smallest absolute Gasteiger partial charge is 0.348 e. The lowest BCUT2D eigenvalue weighted by Crippen LogP contribution is -2.16. The van der Waals surface area contributed by atoms with Crippen molar-refractivity contribution in [3.8, 4) is 0 Å². The minimum atomic E-state index is -0.762. The van der Waals surface area contributed by atoms with E-state index in [2.05, 4.69) is 10.1 Å². The van der Waals surface area contributed by atoms with Crippen LogP contribution in [0.2, 0.25) is 0 Å². The first-order chi connectivity index (χ1) is 11.8. The summed E-state index contributed by atoms with van der Waals surface area (Å²) in [6, 6.07) is 5.57. The number of carbonyl (C=O) groups is 3. The first-order valence-corrected chi connectivity index (χ1v) is 7.91. The lowest BCUT2D eigenvalue weighted by atomic mass is 10.1. The van der Waals surface area contributed by atoms with E-state index in [1.807, 2.05) is 0 Å². The van der Waals surface area contributed by atoms with E-state index < -0.39 is 17.8 Å². The fraction of sp³-hybridized carbons (Fsp3) is 0.118. The fourth-order valence-electron chi connectivity index (χ4n) is 2.09. The molecule has 6 nitrogen and oxygen atoms in total. The van der Waals surface area contributed by atoms with Crippen LogP contribution in [0.15, 0.2) is 30.3 Å². The maximum absolute atomic E-state index is 12.8. The number of ether oxygens (including phenoxy) is 1. The number of anilines is 1. The normalized spacial score (nSPS) is 10.7. The van der Waals surface area contributed by atoms with E-state index in [-0.39, 0.29) is 21.3 Å². The third-order valence-electron chi connectivity index (χ3n) is 3.30. The van der Waals surface area contributed by atoms with Gasteiger partial charge in [0.05, 0.1) is 12.7 Å². The molecule has 1 aromatic carbocycles. The molecule has 2 aromatic rings. The summed E-state index contributed by atoms with van der Waals surface area (Å²) in [5.41, 5.74) is 6.38. The Bertz CT molecular complexity index is 856. The van der Waals surface area contributed by atoms with Crippen molar-refractivity contribution in [3.05, 3.63) is 57.7 Å². The topological polar surface area (TPSA) is 98.5 Å². The van der Waals surface area contributed by atoms with Crippen molar-refractivity contribution in [1.29, 1.82) is 0 Å². The molecule has 3 N–H and O–H groups in total. The number of carbonyl (C=O) groups excluding carboxylic acids is 3. The van der Waals surface area contributed by atoms with Gasteiger partial charge in [0.15, 0.2) is 0 Å².